The van der Waals surface area contributed by atoms with Crippen molar-refractivity contribution in [1.29, 1.82) is 0 Å². The number of nitrogens with one attached hydrogen (secondary N) is 1. The quantitative estimate of drug-likeness (QED) is 0.820. The van der Waals surface area contributed by atoms with E-state index in [1.165, 1.54) is 0 Å². The van der Waals surface area contributed by atoms with Crippen LogP contribution >= 0.6 is 43.2 Å². The molecule has 0 spiro atoms. The number of anilines is 1. The summed E-state index contributed by atoms with van der Waals surface area (Å²) in [4.78, 5) is 10.2. The van der Waals surface area contributed by atoms with Gasteiger partial charge in [-0.3, -0.25) is 0 Å². The zero-order chi connectivity index (χ0) is 13.1. The van der Waals surface area contributed by atoms with Crippen molar-refractivity contribution < 1.29 is 0 Å². The van der Waals surface area contributed by atoms with Crippen molar-refractivity contribution in [2.75, 3.05) is 11.9 Å². The Morgan fingerprint density at radius 3 is 2.56 bits per heavy atom. The zero-order valence-electron chi connectivity index (χ0n) is 10.1. The molecule has 0 fully saturated rings. The topological polar surface area (TPSA) is 37.8 Å². The molecular weight excluding hydrogens is 378 g/mol. The van der Waals surface area contributed by atoms with Crippen LogP contribution in [0.25, 0.3) is 10.7 Å². The lowest BCUT2D eigenvalue weighted by molar-refractivity contribution is 1.00. The molecule has 2 rings (SSSR count). The second kappa shape index (κ2) is 6.12. The molecule has 0 amide bonds. The van der Waals surface area contributed by atoms with Gasteiger partial charge in [0.25, 0.3) is 0 Å². The van der Waals surface area contributed by atoms with Gasteiger partial charge in [0, 0.05) is 22.8 Å². The molecule has 0 aliphatic rings. The van der Waals surface area contributed by atoms with Crippen molar-refractivity contribution in [2.24, 2.45) is 0 Å². The monoisotopic (exact) mass is 389 g/mol. The van der Waals surface area contributed by atoms with Crippen molar-refractivity contribution in [1.82, 2.24) is 9.97 Å². The van der Waals surface area contributed by atoms with E-state index < -0.39 is 0 Å². The van der Waals surface area contributed by atoms with Crippen LogP contribution in [0.2, 0.25) is 0 Å². The average Bonchev–Trinajstić information content (AvgIpc) is 2.70. The van der Waals surface area contributed by atoms with Crippen LogP contribution in [0.5, 0.6) is 0 Å². The Kier molecular flexibility index (Phi) is 4.75. The average molecular weight is 391 g/mol. The molecule has 0 saturated carbocycles. The molecule has 0 radical (unpaired) electrons. The van der Waals surface area contributed by atoms with E-state index in [1.807, 2.05) is 12.1 Å². The number of halogens is 2. The van der Waals surface area contributed by atoms with E-state index in [9.17, 15) is 0 Å². The Morgan fingerprint density at radius 2 is 2.00 bits per heavy atom. The summed E-state index contributed by atoms with van der Waals surface area (Å²) >= 11 is 8.62. The summed E-state index contributed by atoms with van der Waals surface area (Å²) in [6.45, 7) is 5.02. The van der Waals surface area contributed by atoms with Crippen LogP contribution < -0.4 is 5.32 Å². The minimum atomic E-state index is 0.779. The minimum absolute atomic E-state index is 0.779. The largest absolute Gasteiger partial charge is 0.370 e. The van der Waals surface area contributed by atoms with Gasteiger partial charge < -0.3 is 5.32 Å². The van der Waals surface area contributed by atoms with Crippen molar-refractivity contribution in [3.05, 3.63) is 26.1 Å². The van der Waals surface area contributed by atoms with E-state index in [1.54, 1.807) is 11.3 Å². The van der Waals surface area contributed by atoms with E-state index in [-0.39, 0.29) is 0 Å². The van der Waals surface area contributed by atoms with Crippen molar-refractivity contribution >= 4 is 49.0 Å². The molecule has 0 saturated heterocycles. The normalized spacial score (nSPS) is 10.7. The molecule has 6 heteroatoms. The first-order chi connectivity index (χ1) is 8.63. The Labute approximate surface area is 127 Å². The number of thiophene rings is 1. The van der Waals surface area contributed by atoms with Crippen molar-refractivity contribution in [3.63, 3.8) is 0 Å². The number of hydrogen-bond acceptors (Lipinski definition) is 4. The highest BCUT2D eigenvalue weighted by Gasteiger charge is 2.11. The number of rotatable bonds is 4. The second-order valence-electron chi connectivity index (χ2n) is 3.68. The van der Waals surface area contributed by atoms with Crippen LogP contribution in [-0.2, 0) is 6.42 Å². The van der Waals surface area contributed by atoms with Gasteiger partial charge in [0.05, 0.1) is 8.66 Å². The highest BCUT2D eigenvalue weighted by molar-refractivity contribution is 9.13. The molecule has 0 unspecified atom stereocenters. The third kappa shape index (κ3) is 3.10. The van der Waals surface area contributed by atoms with Gasteiger partial charge in [-0.25, -0.2) is 9.97 Å². The molecule has 0 aliphatic carbocycles. The van der Waals surface area contributed by atoms with Gasteiger partial charge in [0.15, 0.2) is 5.82 Å². The summed E-state index contributed by atoms with van der Waals surface area (Å²) in [5, 5.41) is 3.24. The number of aromatic nitrogens is 2. The van der Waals surface area contributed by atoms with Crippen LogP contribution in [0.1, 0.15) is 19.5 Å². The van der Waals surface area contributed by atoms with Gasteiger partial charge in [-0.2, -0.15) is 0 Å². The molecule has 2 heterocycles. The maximum atomic E-state index is 4.58. The Morgan fingerprint density at radius 1 is 1.22 bits per heavy atom. The van der Waals surface area contributed by atoms with Crippen LogP contribution in [0.3, 0.4) is 0 Å². The Hall–Kier alpha value is -0.460. The fraction of sp³-hybridized carbons (Fsp3) is 0.333. The lowest BCUT2D eigenvalue weighted by Crippen LogP contribution is -2.03. The highest BCUT2D eigenvalue weighted by Crippen LogP contribution is 2.37. The first-order valence-corrected chi connectivity index (χ1v) is 8.11. The van der Waals surface area contributed by atoms with Crippen molar-refractivity contribution in [2.45, 2.75) is 20.3 Å². The maximum absolute atomic E-state index is 4.58. The Balaban J connectivity index is 2.45. The predicted molar refractivity (Wildman–Crippen MR) is 84.3 cm³/mol. The lowest BCUT2D eigenvalue weighted by Gasteiger charge is -2.06. The first-order valence-electron chi connectivity index (χ1n) is 5.71. The van der Waals surface area contributed by atoms with Gasteiger partial charge in [-0.1, -0.05) is 6.92 Å². The van der Waals surface area contributed by atoms with Crippen LogP contribution in [0.15, 0.2) is 20.4 Å². The van der Waals surface area contributed by atoms with E-state index in [0.29, 0.717) is 0 Å². The first kappa shape index (κ1) is 14.0. The molecule has 18 heavy (non-hydrogen) atoms. The maximum Gasteiger partial charge on any atom is 0.171 e. The summed E-state index contributed by atoms with van der Waals surface area (Å²) in [6.07, 6.45) is 0.904. The summed E-state index contributed by atoms with van der Waals surface area (Å²) in [7, 11) is 0. The zero-order valence-corrected chi connectivity index (χ0v) is 14.1. The van der Waals surface area contributed by atoms with E-state index in [0.717, 1.165) is 43.4 Å². The molecule has 0 atom stereocenters. The third-order valence-corrected chi connectivity index (χ3v) is 5.62. The molecule has 3 nitrogen and oxygen atoms in total. The molecule has 1 N–H and O–H groups in total. The summed E-state index contributed by atoms with van der Waals surface area (Å²) in [5.41, 5.74) is 1.05. The highest BCUT2D eigenvalue weighted by atomic mass is 79.9. The van der Waals surface area contributed by atoms with Gasteiger partial charge in [0.2, 0.25) is 0 Å². The SMILES string of the molecule is CCNc1cc(CC)nc(-c2cc(Br)c(Br)s2)n1. The summed E-state index contributed by atoms with van der Waals surface area (Å²) in [6, 6.07) is 4.05. The molecule has 96 valence electrons. The van der Waals surface area contributed by atoms with Crippen molar-refractivity contribution in [3.8, 4) is 10.7 Å². The molecular formula is C12H13Br2N3S. The predicted octanol–water partition coefficient (Wildman–Crippen LogP) is 4.72. The fourth-order valence-corrected chi connectivity index (χ4v) is 3.49. The molecule has 0 bridgehead atoms. The second-order valence-corrected chi connectivity index (χ2v) is 6.91. The van der Waals surface area contributed by atoms with Gasteiger partial charge >= 0.3 is 0 Å². The molecule has 2 aromatic heterocycles. The van der Waals surface area contributed by atoms with E-state index >= 15 is 0 Å². The third-order valence-electron chi connectivity index (χ3n) is 2.36. The summed E-state index contributed by atoms with van der Waals surface area (Å²) < 4.78 is 2.10. The minimum Gasteiger partial charge on any atom is -0.370 e. The fourth-order valence-electron chi connectivity index (χ4n) is 1.52. The molecule has 0 aromatic carbocycles. The Bertz CT molecular complexity index is 535. The van der Waals surface area contributed by atoms with Gasteiger partial charge in [0.1, 0.15) is 5.82 Å². The van der Waals surface area contributed by atoms with Crippen LogP contribution in [-0.4, -0.2) is 16.5 Å². The van der Waals surface area contributed by atoms with Gasteiger partial charge in [-0.05, 0) is 51.3 Å². The van der Waals surface area contributed by atoms with Gasteiger partial charge in [-0.15, -0.1) is 11.3 Å². The number of aryl methyl sites for hydroxylation is 1. The molecule has 2 aromatic rings. The lowest BCUT2D eigenvalue weighted by atomic mass is 10.3. The van der Waals surface area contributed by atoms with Crippen LogP contribution in [0.4, 0.5) is 5.82 Å². The van der Waals surface area contributed by atoms with E-state index in [2.05, 4.69) is 61.0 Å². The van der Waals surface area contributed by atoms with Crippen LogP contribution in [0, 0.1) is 0 Å². The number of nitrogens with zero attached hydrogens (tertiary/aromatic N) is 2. The number of hydrogen-bond donors (Lipinski definition) is 1. The molecule has 0 aliphatic heterocycles. The smallest absolute Gasteiger partial charge is 0.171 e. The summed E-state index contributed by atoms with van der Waals surface area (Å²) in [5.74, 6) is 1.67. The van der Waals surface area contributed by atoms with E-state index in [4.69, 9.17) is 0 Å². The standard InChI is InChI=1S/C12H13Br2N3S/c1-3-7-5-10(15-4-2)17-12(16-7)9-6-8(13)11(14)18-9/h5-6H,3-4H2,1-2H3,(H,15,16,17).